The molecule has 1 aromatic carbocycles. The number of H-pyrrole nitrogens is 1. The van der Waals surface area contributed by atoms with Crippen molar-refractivity contribution in [1.29, 1.82) is 0 Å². The summed E-state index contributed by atoms with van der Waals surface area (Å²) in [6.07, 6.45) is 2.75. The molecule has 0 spiro atoms. The Bertz CT molecular complexity index is 653. The van der Waals surface area contributed by atoms with E-state index in [2.05, 4.69) is 9.97 Å². The number of halogens is 1. The van der Waals surface area contributed by atoms with Crippen molar-refractivity contribution in [3.05, 3.63) is 40.7 Å². The van der Waals surface area contributed by atoms with Gasteiger partial charge in [0, 0.05) is 23.6 Å². The number of hydrogen-bond donors (Lipinski definition) is 1. The Hall–Kier alpha value is -1.46. The molecule has 0 bridgehead atoms. The zero-order valence-corrected chi connectivity index (χ0v) is 13.3. The van der Waals surface area contributed by atoms with E-state index >= 15 is 0 Å². The summed E-state index contributed by atoms with van der Waals surface area (Å²) < 4.78 is 0. The topological polar surface area (TPSA) is 49.0 Å². The Morgan fingerprint density at radius 2 is 2.19 bits per heavy atom. The molecular weight excluding hydrogens is 306 g/mol. The van der Waals surface area contributed by atoms with Crippen molar-refractivity contribution in [2.24, 2.45) is 0 Å². The van der Waals surface area contributed by atoms with Crippen molar-refractivity contribution in [1.82, 2.24) is 14.9 Å². The number of fused-ring (bicyclic) bond motifs is 1. The third kappa shape index (κ3) is 3.09. The highest BCUT2D eigenvalue weighted by atomic mass is 35.5. The van der Waals surface area contributed by atoms with Gasteiger partial charge >= 0.3 is 0 Å². The molecule has 21 heavy (non-hydrogen) atoms. The number of hydrogen-bond acceptors (Lipinski definition) is 3. The molecular formula is C15H16ClN3OS. The number of aromatic amines is 1. The lowest BCUT2D eigenvalue weighted by Crippen LogP contribution is -2.37. The fraction of sp³-hybridized carbons (Fsp3) is 0.333. The van der Waals surface area contributed by atoms with E-state index in [1.165, 1.54) is 0 Å². The van der Waals surface area contributed by atoms with Crippen LogP contribution in [0.25, 0.3) is 11.4 Å². The van der Waals surface area contributed by atoms with Crippen LogP contribution in [0.5, 0.6) is 0 Å². The van der Waals surface area contributed by atoms with E-state index in [4.69, 9.17) is 11.6 Å². The second-order valence-corrected chi connectivity index (χ2v) is 6.32. The quantitative estimate of drug-likeness (QED) is 0.945. The molecule has 0 aliphatic carbocycles. The van der Waals surface area contributed by atoms with Crippen molar-refractivity contribution >= 4 is 29.3 Å². The number of imidazole rings is 1. The van der Waals surface area contributed by atoms with Gasteiger partial charge in [-0.2, -0.15) is 11.8 Å². The highest BCUT2D eigenvalue weighted by Gasteiger charge is 2.23. The van der Waals surface area contributed by atoms with Crippen LogP contribution in [-0.2, 0) is 17.8 Å². The van der Waals surface area contributed by atoms with E-state index in [0.717, 1.165) is 35.7 Å². The molecule has 2 aromatic rings. The maximum Gasteiger partial charge on any atom is 0.232 e. The van der Waals surface area contributed by atoms with Crippen molar-refractivity contribution < 1.29 is 4.79 Å². The minimum atomic E-state index is 0.191. The van der Waals surface area contributed by atoms with Gasteiger partial charge in [0.15, 0.2) is 0 Å². The van der Waals surface area contributed by atoms with Crippen LogP contribution in [0.2, 0.25) is 5.02 Å². The maximum absolute atomic E-state index is 12.0. The summed E-state index contributed by atoms with van der Waals surface area (Å²) in [6, 6.07) is 7.60. The van der Waals surface area contributed by atoms with E-state index in [1.807, 2.05) is 35.4 Å². The van der Waals surface area contributed by atoms with Crippen molar-refractivity contribution in [3.8, 4) is 11.4 Å². The number of rotatable bonds is 3. The Kier molecular flexibility index (Phi) is 4.22. The van der Waals surface area contributed by atoms with Gasteiger partial charge < -0.3 is 9.88 Å². The summed E-state index contributed by atoms with van der Waals surface area (Å²) in [4.78, 5) is 21.9. The predicted octanol–water partition coefficient (Wildman–Crippen LogP) is 2.98. The van der Waals surface area contributed by atoms with Crippen LogP contribution >= 0.6 is 23.4 Å². The smallest absolute Gasteiger partial charge is 0.232 e. The normalized spacial score (nSPS) is 14.1. The molecule has 0 saturated carbocycles. The molecule has 1 amide bonds. The predicted molar refractivity (Wildman–Crippen MR) is 86.5 cm³/mol. The molecule has 4 nitrogen and oxygen atoms in total. The SMILES string of the molecule is CSCC(=O)N1CCc2nc(-c3ccc(Cl)cc3)[nH]c2C1. The molecule has 110 valence electrons. The second kappa shape index (κ2) is 6.12. The zero-order chi connectivity index (χ0) is 14.8. The first-order valence-electron chi connectivity index (χ1n) is 6.78. The summed E-state index contributed by atoms with van der Waals surface area (Å²) in [5, 5.41) is 0.712. The summed E-state index contributed by atoms with van der Waals surface area (Å²) in [5.41, 5.74) is 3.12. The summed E-state index contributed by atoms with van der Waals surface area (Å²) in [5.74, 6) is 1.57. The minimum Gasteiger partial charge on any atom is -0.340 e. The van der Waals surface area contributed by atoms with Crippen molar-refractivity contribution in [2.75, 3.05) is 18.6 Å². The fourth-order valence-corrected chi connectivity index (χ4v) is 3.02. The van der Waals surface area contributed by atoms with Crippen LogP contribution in [-0.4, -0.2) is 39.3 Å². The van der Waals surface area contributed by atoms with Crippen LogP contribution in [0.1, 0.15) is 11.4 Å². The lowest BCUT2D eigenvalue weighted by Gasteiger charge is -2.25. The Morgan fingerprint density at radius 1 is 1.43 bits per heavy atom. The lowest BCUT2D eigenvalue weighted by molar-refractivity contribution is -0.129. The molecule has 0 radical (unpaired) electrons. The van der Waals surface area contributed by atoms with Gasteiger partial charge in [-0.05, 0) is 30.5 Å². The number of nitrogens with one attached hydrogen (secondary N) is 1. The Labute approximate surface area is 132 Å². The minimum absolute atomic E-state index is 0.191. The highest BCUT2D eigenvalue weighted by Crippen LogP contribution is 2.24. The first-order valence-corrected chi connectivity index (χ1v) is 8.55. The van der Waals surface area contributed by atoms with E-state index < -0.39 is 0 Å². The lowest BCUT2D eigenvalue weighted by atomic mass is 10.1. The number of thioether (sulfide) groups is 1. The highest BCUT2D eigenvalue weighted by molar-refractivity contribution is 7.99. The fourth-order valence-electron chi connectivity index (χ4n) is 2.47. The zero-order valence-electron chi connectivity index (χ0n) is 11.7. The van der Waals surface area contributed by atoms with Crippen LogP contribution in [0, 0.1) is 0 Å². The Balaban J connectivity index is 1.81. The van der Waals surface area contributed by atoms with Crippen LogP contribution in [0.4, 0.5) is 0 Å². The molecule has 1 aliphatic heterocycles. The molecule has 0 atom stereocenters. The molecule has 2 heterocycles. The number of aromatic nitrogens is 2. The molecule has 0 fully saturated rings. The van der Waals surface area contributed by atoms with Gasteiger partial charge in [0.25, 0.3) is 0 Å². The van der Waals surface area contributed by atoms with E-state index in [1.54, 1.807) is 11.8 Å². The molecule has 1 N–H and O–H groups in total. The maximum atomic E-state index is 12.0. The standard InChI is InChI=1S/C15H16ClN3OS/c1-21-9-14(20)19-7-6-12-13(8-19)18-15(17-12)10-2-4-11(16)5-3-10/h2-5H,6-9H2,1H3,(H,17,18). The average molecular weight is 322 g/mol. The molecule has 1 aromatic heterocycles. The number of benzene rings is 1. The molecule has 6 heteroatoms. The van der Waals surface area contributed by atoms with Gasteiger partial charge in [-0.3, -0.25) is 4.79 Å². The molecule has 0 saturated heterocycles. The van der Waals surface area contributed by atoms with E-state index in [0.29, 0.717) is 17.3 Å². The monoisotopic (exact) mass is 321 g/mol. The van der Waals surface area contributed by atoms with E-state index in [-0.39, 0.29) is 5.91 Å². The van der Waals surface area contributed by atoms with Gasteiger partial charge in [0.2, 0.25) is 5.91 Å². The number of carbonyl (C=O) groups excluding carboxylic acids is 1. The second-order valence-electron chi connectivity index (χ2n) is 5.02. The summed E-state index contributed by atoms with van der Waals surface area (Å²) >= 11 is 7.47. The summed E-state index contributed by atoms with van der Waals surface area (Å²) in [6.45, 7) is 1.37. The van der Waals surface area contributed by atoms with Gasteiger partial charge in [0.1, 0.15) is 5.82 Å². The molecule has 0 unspecified atom stereocenters. The van der Waals surface area contributed by atoms with Gasteiger partial charge in [-0.1, -0.05) is 11.6 Å². The van der Waals surface area contributed by atoms with Gasteiger partial charge in [0.05, 0.1) is 23.7 Å². The van der Waals surface area contributed by atoms with Gasteiger partial charge in [-0.15, -0.1) is 0 Å². The first kappa shape index (κ1) is 14.5. The van der Waals surface area contributed by atoms with Crippen LogP contribution in [0.15, 0.2) is 24.3 Å². The van der Waals surface area contributed by atoms with Crippen molar-refractivity contribution in [3.63, 3.8) is 0 Å². The summed E-state index contributed by atoms with van der Waals surface area (Å²) in [7, 11) is 0. The molecule has 3 rings (SSSR count). The number of carbonyl (C=O) groups is 1. The van der Waals surface area contributed by atoms with Crippen molar-refractivity contribution in [2.45, 2.75) is 13.0 Å². The average Bonchev–Trinajstić information content (AvgIpc) is 2.91. The number of nitrogens with zero attached hydrogens (tertiary/aromatic N) is 2. The van der Waals surface area contributed by atoms with E-state index in [9.17, 15) is 4.79 Å². The Morgan fingerprint density at radius 3 is 2.90 bits per heavy atom. The van der Waals surface area contributed by atoms with Gasteiger partial charge in [-0.25, -0.2) is 4.98 Å². The largest absolute Gasteiger partial charge is 0.340 e. The van der Waals surface area contributed by atoms with Crippen LogP contribution in [0.3, 0.4) is 0 Å². The third-order valence-electron chi connectivity index (χ3n) is 3.57. The first-order chi connectivity index (χ1) is 10.2. The van der Waals surface area contributed by atoms with Crippen LogP contribution < -0.4 is 0 Å². The third-order valence-corrected chi connectivity index (χ3v) is 4.36. The number of amides is 1. The molecule has 1 aliphatic rings.